The van der Waals surface area contributed by atoms with Gasteiger partial charge in [0.15, 0.2) is 0 Å². The average Bonchev–Trinajstić information content (AvgIpc) is 2.16. The van der Waals surface area contributed by atoms with Gasteiger partial charge in [-0.2, -0.15) is 0 Å². The molecule has 0 saturated heterocycles. The summed E-state index contributed by atoms with van der Waals surface area (Å²) in [4.78, 5) is 5.49. The summed E-state index contributed by atoms with van der Waals surface area (Å²) in [5.41, 5.74) is 0.958. The Hall–Kier alpha value is -0.730. The minimum atomic E-state index is 0.734. The van der Waals surface area contributed by atoms with Crippen molar-refractivity contribution in [3.8, 4) is 0 Å². The number of fused-ring (bicyclic) bond motifs is 1. The first-order valence-electron chi connectivity index (χ1n) is 3.89. The Kier molecular flexibility index (Phi) is 2.42. The van der Waals surface area contributed by atoms with E-state index in [1.165, 1.54) is 10.3 Å². The Morgan fingerprint density at radius 2 is 2.15 bits per heavy atom. The minimum Gasteiger partial charge on any atom is -0.256 e. The molecule has 0 aliphatic carbocycles. The SMILES string of the molecule is CSc1ccnc2cc(Cl)ccc12. The zero-order valence-electron chi connectivity index (χ0n) is 7.12. The van der Waals surface area contributed by atoms with Crippen LogP contribution in [0.3, 0.4) is 0 Å². The molecule has 66 valence electrons. The second-order valence-electron chi connectivity index (χ2n) is 2.67. The molecular weight excluding hydrogens is 202 g/mol. The van der Waals surface area contributed by atoms with Crippen molar-refractivity contribution in [2.24, 2.45) is 0 Å². The monoisotopic (exact) mass is 209 g/mol. The first kappa shape index (κ1) is 8.85. The zero-order valence-corrected chi connectivity index (χ0v) is 8.69. The van der Waals surface area contributed by atoms with E-state index in [2.05, 4.69) is 11.2 Å². The molecule has 13 heavy (non-hydrogen) atoms. The van der Waals surface area contributed by atoms with E-state index >= 15 is 0 Å². The molecule has 0 aliphatic heterocycles. The van der Waals surface area contributed by atoms with Crippen LogP contribution in [-0.2, 0) is 0 Å². The number of nitrogens with zero attached hydrogens (tertiary/aromatic N) is 1. The van der Waals surface area contributed by atoms with E-state index in [1.54, 1.807) is 11.8 Å². The molecule has 1 nitrogen and oxygen atoms in total. The number of pyridine rings is 1. The summed E-state index contributed by atoms with van der Waals surface area (Å²) >= 11 is 7.59. The smallest absolute Gasteiger partial charge is 0.0728 e. The van der Waals surface area contributed by atoms with E-state index in [1.807, 2.05) is 30.5 Å². The highest BCUT2D eigenvalue weighted by molar-refractivity contribution is 7.98. The molecule has 0 unspecified atom stereocenters. The van der Waals surface area contributed by atoms with Crippen molar-refractivity contribution in [1.82, 2.24) is 4.98 Å². The van der Waals surface area contributed by atoms with Crippen LogP contribution in [-0.4, -0.2) is 11.2 Å². The second kappa shape index (κ2) is 3.56. The lowest BCUT2D eigenvalue weighted by Crippen LogP contribution is -1.80. The van der Waals surface area contributed by atoms with Gasteiger partial charge >= 0.3 is 0 Å². The minimum absolute atomic E-state index is 0.734. The molecule has 1 aromatic carbocycles. The van der Waals surface area contributed by atoms with Crippen molar-refractivity contribution in [2.45, 2.75) is 4.90 Å². The van der Waals surface area contributed by atoms with Crippen LogP contribution >= 0.6 is 23.4 Å². The Morgan fingerprint density at radius 1 is 1.31 bits per heavy atom. The molecule has 2 aromatic rings. The number of rotatable bonds is 1. The maximum absolute atomic E-state index is 5.87. The van der Waals surface area contributed by atoms with Crippen molar-refractivity contribution in [3.05, 3.63) is 35.5 Å². The van der Waals surface area contributed by atoms with Crippen molar-refractivity contribution in [1.29, 1.82) is 0 Å². The molecule has 1 aromatic heterocycles. The molecule has 0 amide bonds. The fourth-order valence-corrected chi connectivity index (χ4v) is 2.03. The average molecular weight is 210 g/mol. The lowest BCUT2D eigenvalue weighted by atomic mass is 10.2. The summed E-state index contributed by atoms with van der Waals surface area (Å²) in [6.45, 7) is 0. The van der Waals surface area contributed by atoms with Crippen molar-refractivity contribution in [3.63, 3.8) is 0 Å². The third-order valence-corrected chi connectivity index (χ3v) is 2.92. The van der Waals surface area contributed by atoms with Gasteiger partial charge in [-0.25, -0.2) is 0 Å². The fraction of sp³-hybridized carbons (Fsp3) is 0.100. The molecule has 0 N–H and O–H groups in total. The van der Waals surface area contributed by atoms with Crippen LogP contribution < -0.4 is 0 Å². The Morgan fingerprint density at radius 3 is 2.92 bits per heavy atom. The van der Waals surface area contributed by atoms with Gasteiger partial charge in [-0.05, 0) is 24.5 Å². The summed E-state index contributed by atoms with van der Waals surface area (Å²) in [6.07, 6.45) is 3.87. The summed E-state index contributed by atoms with van der Waals surface area (Å²) in [6, 6.07) is 7.80. The van der Waals surface area contributed by atoms with Crippen molar-refractivity contribution < 1.29 is 0 Å². The Bertz CT molecular complexity index is 442. The Labute approximate surface area is 86.1 Å². The third kappa shape index (κ3) is 1.64. The standard InChI is InChI=1S/C10H8ClNS/c1-13-10-4-5-12-9-6-7(11)2-3-8(9)10/h2-6H,1H3. The van der Waals surface area contributed by atoms with Gasteiger partial charge in [-0.3, -0.25) is 4.98 Å². The van der Waals surface area contributed by atoms with Crippen LogP contribution in [0.4, 0.5) is 0 Å². The second-order valence-corrected chi connectivity index (χ2v) is 3.96. The van der Waals surface area contributed by atoms with Gasteiger partial charge in [-0.1, -0.05) is 17.7 Å². The topological polar surface area (TPSA) is 12.9 Å². The lowest BCUT2D eigenvalue weighted by molar-refractivity contribution is 1.36. The van der Waals surface area contributed by atoms with Gasteiger partial charge < -0.3 is 0 Å². The van der Waals surface area contributed by atoms with Gasteiger partial charge in [0.05, 0.1) is 5.52 Å². The maximum Gasteiger partial charge on any atom is 0.0728 e. The molecular formula is C10H8ClNS. The molecule has 1 heterocycles. The van der Waals surface area contributed by atoms with Crippen LogP contribution in [0, 0.1) is 0 Å². The Balaban J connectivity index is 2.77. The van der Waals surface area contributed by atoms with Gasteiger partial charge in [0.2, 0.25) is 0 Å². The predicted octanol–water partition coefficient (Wildman–Crippen LogP) is 3.61. The summed E-state index contributed by atoms with van der Waals surface area (Å²) in [5, 5.41) is 1.90. The number of thioether (sulfide) groups is 1. The maximum atomic E-state index is 5.87. The molecule has 3 heteroatoms. The summed E-state index contributed by atoms with van der Waals surface area (Å²) in [5.74, 6) is 0. The quantitative estimate of drug-likeness (QED) is 0.666. The van der Waals surface area contributed by atoms with Gasteiger partial charge in [0.25, 0.3) is 0 Å². The third-order valence-electron chi connectivity index (χ3n) is 1.88. The number of hydrogen-bond donors (Lipinski definition) is 0. The summed E-state index contributed by atoms with van der Waals surface area (Å²) in [7, 11) is 0. The molecule has 0 radical (unpaired) electrons. The van der Waals surface area contributed by atoms with Gasteiger partial charge in [-0.15, -0.1) is 11.8 Å². The fourth-order valence-electron chi connectivity index (χ4n) is 1.27. The van der Waals surface area contributed by atoms with Gasteiger partial charge in [0.1, 0.15) is 0 Å². The zero-order chi connectivity index (χ0) is 9.26. The number of halogens is 1. The molecule has 0 bridgehead atoms. The van der Waals surface area contributed by atoms with E-state index in [-0.39, 0.29) is 0 Å². The number of hydrogen-bond acceptors (Lipinski definition) is 2. The molecule has 0 saturated carbocycles. The van der Waals surface area contributed by atoms with Crippen molar-refractivity contribution in [2.75, 3.05) is 6.26 Å². The van der Waals surface area contributed by atoms with Crippen molar-refractivity contribution >= 4 is 34.3 Å². The van der Waals surface area contributed by atoms with E-state index in [0.717, 1.165) is 10.5 Å². The molecule has 2 rings (SSSR count). The molecule has 0 atom stereocenters. The highest BCUT2D eigenvalue weighted by Gasteiger charge is 2.00. The van der Waals surface area contributed by atoms with Crippen LogP contribution in [0.2, 0.25) is 5.02 Å². The van der Waals surface area contributed by atoms with Crippen LogP contribution in [0.5, 0.6) is 0 Å². The number of benzene rings is 1. The highest BCUT2D eigenvalue weighted by atomic mass is 35.5. The van der Waals surface area contributed by atoms with E-state index in [4.69, 9.17) is 11.6 Å². The van der Waals surface area contributed by atoms with Gasteiger partial charge in [0, 0.05) is 21.5 Å². The normalized spacial score (nSPS) is 10.6. The van der Waals surface area contributed by atoms with E-state index in [0.29, 0.717) is 0 Å². The van der Waals surface area contributed by atoms with E-state index in [9.17, 15) is 0 Å². The summed E-state index contributed by atoms with van der Waals surface area (Å²) < 4.78 is 0. The predicted molar refractivity (Wildman–Crippen MR) is 58.5 cm³/mol. The van der Waals surface area contributed by atoms with E-state index < -0.39 is 0 Å². The number of aromatic nitrogens is 1. The largest absolute Gasteiger partial charge is 0.256 e. The van der Waals surface area contributed by atoms with Crippen LogP contribution in [0.1, 0.15) is 0 Å². The molecule has 0 aliphatic rings. The van der Waals surface area contributed by atoms with Crippen LogP contribution in [0.15, 0.2) is 35.4 Å². The molecule has 0 fully saturated rings. The lowest BCUT2D eigenvalue weighted by Gasteiger charge is -2.02. The first-order valence-corrected chi connectivity index (χ1v) is 5.50. The first-order chi connectivity index (χ1) is 6.31. The highest BCUT2D eigenvalue weighted by Crippen LogP contribution is 2.26. The molecule has 0 spiro atoms. The van der Waals surface area contributed by atoms with Crippen LogP contribution in [0.25, 0.3) is 10.9 Å².